The molecule has 0 bridgehead atoms. The Kier molecular flexibility index (Phi) is 6.25. The zero-order chi connectivity index (χ0) is 16.0. The van der Waals surface area contributed by atoms with Crippen LogP contribution in [0.5, 0.6) is 0 Å². The Morgan fingerprint density at radius 3 is 2.52 bits per heavy atom. The van der Waals surface area contributed by atoms with Gasteiger partial charge in [0.25, 0.3) is 5.69 Å². The number of hydrogen-bond acceptors (Lipinski definition) is 5. The van der Waals surface area contributed by atoms with Crippen LogP contribution in [-0.4, -0.2) is 42.4 Å². The molecule has 0 saturated heterocycles. The van der Waals surface area contributed by atoms with E-state index in [1.54, 1.807) is 6.92 Å². The van der Waals surface area contributed by atoms with Crippen LogP contribution in [-0.2, 0) is 10.0 Å². The van der Waals surface area contributed by atoms with Crippen LogP contribution < -0.4 is 0 Å². The molecule has 0 heterocycles. The number of nitrogens with zero attached hydrogens (tertiary/aromatic N) is 2. The topological polar surface area (TPSA) is 101 Å². The van der Waals surface area contributed by atoms with Crippen molar-refractivity contribution in [3.8, 4) is 0 Å². The molecule has 0 aliphatic rings. The van der Waals surface area contributed by atoms with E-state index in [0.717, 1.165) is 16.8 Å². The molecule has 0 aliphatic heterocycles. The smallest absolute Gasteiger partial charge is 0.273 e. The number of aliphatic hydroxyl groups is 1. The molecule has 0 aliphatic carbocycles. The number of aryl methyl sites for hydroxylation is 1. The molecule has 0 amide bonds. The van der Waals surface area contributed by atoms with E-state index in [1.165, 1.54) is 12.1 Å². The fourth-order valence-corrected chi connectivity index (χ4v) is 3.38. The monoisotopic (exact) mass is 316 g/mol. The molecule has 118 valence electrons. The van der Waals surface area contributed by atoms with Gasteiger partial charge in [0.2, 0.25) is 10.0 Å². The first-order chi connectivity index (χ1) is 9.84. The first kappa shape index (κ1) is 17.5. The average molecular weight is 316 g/mol. The van der Waals surface area contributed by atoms with E-state index in [2.05, 4.69) is 0 Å². The van der Waals surface area contributed by atoms with Gasteiger partial charge in [-0.1, -0.05) is 19.4 Å². The van der Waals surface area contributed by atoms with Crippen molar-refractivity contribution >= 4 is 15.7 Å². The van der Waals surface area contributed by atoms with E-state index in [9.17, 15) is 18.5 Å². The highest BCUT2D eigenvalue weighted by molar-refractivity contribution is 7.89. The SMILES string of the molecule is CCCCN(CCO)S(=O)(=O)c1ccc(C)c([N+](=O)[O-])c1. The number of rotatable bonds is 8. The zero-order valence-corrected chi connectivity index (χ0v) is 13.0. The predicted octanol–water partition coefficient (Wildman–Crippen LogP) is 1.69. The number of nitro benzene ring substituents is 1. The molecule has 0 aromatic heterocycles. The molecule has 1 N–H and O–H groups in total. The predicted molar refractivity (Wildman–Crippen MR) is 78.6 cm³/mol. The Morgan fingerprint density at radius 1 is 1.33 bits per heavy atom. The molecule has 0 atom stereocenters. The number of benzene rings is 1. The van der Waals surface area contributed by atoms with Crippen molar-refractivity contribution in [2.45, 2.75) is 31.6 Å². The van der Waals surface area contributed by atoms with Crippen LogP contribution in [0.3, 0.4) is 0 Å². The van der Waals surface area contributed by atoms with Gasteiger partial charge in [0.05, 0.1) is 16.4 Å². The normalized spacial score (nSPS) is 11.8. The Balaban J connectivity index is 3.21. The van der Waals surface area contributed by atoms with Gasteiger partial charge in [-0.25, -0.2) is 8.42 Å². The van der Waals surface area contributed by atoms with Crippen molar-refractivity contribution in [3.05, 3.63) is 33.9 Å². The molecule has 1 aromatic carbocycles. The summed E-state index contributed by atoms with van der Waals surface area (Å²) in [6.45, 7) is 3.44. The van der Waals surface area contributed by atoms with Crippen LogP contribution >= 0.6 is 0 Å². The van der Waals surface area contributed by atoms with E-state index >= 15 is 0 Å². The Hall–Kier alpha value is -1.51. The van der Waals surface area contributed by atoms with E-state index < -0.39 is 14.9 Å². The van der Waals surface area contributed by atoms with Crippen molar-refractivity contribution in [1.29, 1.82) is 0 Å². The molecule has 0 unspecified atom stereocenters. The minimum Gasteiger partial charge on any atom is -0.395 e. The molecule has 7 nitrogen and oxygen atoms in total. The molecular weight excluding hydrogens is 296 g/mol. The quantitative estimate of drug-likeness (QED) is 0.581. The highest BCUT2D eigenvalue weighted by Gasteiger charge is 2.26. The summed E-state index contributed by atoms with van der Waals surface area (Å²) in [6.07, 6.45) is 1.47. The first-order valence-corrected chi connectivity index (χ1v) is 8.14. The largest absolute Gasteiger partial charge is 0.395 e. The lowest BCUT2D eigenvalue weighted by Gasteiger charge is -2.21. The van der Waals surface area contributed by atoms with Crippen LogP contribution in [0.4, 0.5) is 5.69 Å². The third-order valence-corrected chi connectivity index (χ3v) is 5.02. The number of hydrogen-bond donors (Lipinski definition) is 1. The molecule has 0 spiro atoms. The highest BCUT2D eigenvalue weighted by atomic mass is 32.2. The summed E-state index contributed by atoms with van der Waals surface area (Å²) in [5.41, 5.74) is 0.178. The fraction of sp³-hybridized carbons (Fsp3) is 0.538. The number of sulfonamides is 1. The lowest BCUT2D eigenvalue weighted by Crippen LogP contribution is -2.34. The van der Waals surface area contributed by atoms with Gasteiger partial charge in [0.15, 0.2) is 0 Å². The zero-order valence-electron chi connectivity index (χ0n) is 12.2. The van der Waals surface area contributed by atoms with E-state index in [-0.39, 0.29) is 30.3 Å². The standard InChI is InChI=1S/C13H20N2O5S/c1-3-4-7-14(8-9-16)21(19,20)12-6-5-11(2)13(10-12)15(17)18/h5-6,10,16H,3-4,7-9H2,1-2H3. The number of aliphatic hydroxyl groups excluding tert-OH is 1. The average Bonchev–Trinajstić information content (AvgIpc) is 2.43. The van der Waals surface area contributed by atoms with Crippen molar-refractivity contribution in [3.63, 3.8) is 0 Å². The molecule has 0 fully saturated rings. The molecule has 21 heavy (non-hydrogen) atoms. The van der Waals surface area contributed by atoms with Crippen molar-refractivity contribution in [2.24, 2.45) is 0 Å². The van der Waals surface area contributed by atoms with Crippen LogP contribution in [0.15, 0.2) is 23.1 Å². The van der Waals surface area contributed by atoms with Gasteiger partial charge >= 0.3 is 0 Å². The van der Waals surface area contributed by atoms with Crippen LogP contribution in [0.1, 0.15) is 25.3 Å². The number of nitro groups is 1. The maximum Gasteiger partial charge on any atom is 0.273 e. The van der Waals surface area contributed by atoms with E-state index in [0.29, 0.717) is 12.0 Å². The third-order valence-electron chi connectivity index (χ3n) is 3.13. The highest BCUT2D eigenvalue weighted by Crippen LogP contribution is 2.24. The minimum atomic E-state index is -3.84. The summed E-state index contributed by atoms with van der Waals surface area (Å²) in [6, 6.07) is 3.84. The minimum absolute atomic E-state index is 0.0238. The summed E-state index contributed by atoms with van der Waals surface area (Å²) in [5, 5.41) is 19.9. The van der Waals surface area contributed by atoms with Crippen LogP contribution in [0.25, 0.3) is 0 Å². The lowest BCUT2D eigenvalue weighted by molar-refractivity contribution is -0.385. The summed E-state index contributed by atoms with van der Waals surface area (Å²) in [4.78, 5) is 10.2. The van der Waals surface area contributed by atoms with Gasteiger partial charge in [-0.05, 0) is 19.4 Å². The van der Waals surface area contributed by atoms with Crippen LogP contribution in [0.2, 0.25) is 0 Å². The van der Waals surface area contributed by atoms with Gasteiger partial charge in [-0.3, -0.25) is 10.1 Å². The Morgan fingerprint density at radius 2 is 2.00 bits per heavy atom. The number of unbranched alkanes of at least 4 members (excludes halogenated alkanes) is 1. The molecular formula is C13H20N2O5S. The molecule has 1 aromatic rings. The maximum absolute atomic E-state index is 12.5. The molecule has 0 radical (unpaired) electrons. The fourth-order valence-electron chi connectivity index (χ4n) is 1.89. The van der Waals surface area contributed by atoms with Gasteiger partial charge in [0, 0.05) is 24.7 Å². The van der Waals surface area contributed by atoms with Crippen molar-refractivity contribution in [2.75, 3.05) is 19.7 Å². The van der Waals surface area contributed by atoms with Gasteiger partial charge in [0.1, 0.15) is 0 Å². The second-order valence-corrected chi connectivity index (χ2v) is 6.62. The summed E-state index contributed by atoms with van der Waals surface area (Å²) in [5.74, 6) is 0. The van der Waals surface area contributed by atoms with Crippen molar-refractivity contribution in [1.82, 2.24) is 4.31 Å². The Bertz CT molecular complexity index is 601. The maximum atomic E-state index is 12.5. The molecule has 8 heteroatoms. The summed E-state index contributed by atoms with van der Waals surface area (Å²) >= 11 is 0. The van der Waals surface area contributed by atoms with Crippen molar-refractivity contribution < 1.29 is 18.4 Å². The van der Waals surface area contributed by atoms with E-state index in [1.807, 2.05) is 6.92 Å². The summed E-state index contributed by atoms with van der Waals surface area (Å²) in [7, 11) is -3.84. The van der Waals surface area contributed by atoms with Gasteiger partial charge in [-0.2, -0.15) is 4.31 Å². The second kappa shape index (κ2) is 7.48. The van der Waals surface area contributed by atoms with E-state index in [4.69, 9.17) is 5.11 Å². The van der Waals surface area contributed by atoms with Gasteiger partial charge < -0.3 is 5.11 Å². The Labute approximate surface area is 124 Å². The molecule has 0 saturated carbocycles. The lowest BCUT2D eigenvalue weighted by atomic mass is 10.2. The second-order valence-electron chi connectivity index (χ2n) is 4.69. The summed E-state index contributed by atoms with van der Waals surface area (Å²) < 4.78 is 26.2. The molecule has 1 rings (SSSR count). The first-order valence-electron chi connectivity index (χ1n) is 6.70. The van der Waals surface area contributed by atoms with Crippen LogP contribution in [0, 0.1) is 17.0 Å². The third kappa shape index (κ3) is 4.23. The van der Waals surface area contributed by atoms with Gasteiger partial charge in [-0.15, -0.1) is 0 Å².